The van der Waals surface area contributed by atoms with Crippen molar-refractivity contribution < 1.29 is 22.6 Å². The molecule has 0 aliphatic carbocycles. The van der Waals surface area contributed by atoms with E-state index in [0.29, 0.717) is 37.9 Å². The molecule has 180 valence electrons. The number of halogens is 1. The van der Waals surface area contributed by atoms with E-state index in [0.717, 1.165) is 51.3 Å². The van der Waals surface area contributed by atoms with Crippen LogP contribution in [-0.4, -0.2) is 48.1 Å². The highest BCUT2D eigenvalue weighted by atomic mass is 35.5. The van der Waals surface area contributed by atoms with Crippen molar-refractivity contribution in [2.45, 2.75) is 6.54 Å². The van der Waals surface area contributed by atoms with Crippen LogP contribution in [0.2, 0.25) is 5.02 Å². The average Bonchev–Trinajstić information content (AvgIpc) is 2.83. The van der Waals surface area contributed by atoms with Crippen molar-refractivity contribution >= 4 is 21.6 Å². The highest BCUT2D eigenvalue weighted by molar-refractivity contribution is 7.88. The Labute approximate surface area is 205 Å². The molecule has 3 aromatic carbocycles. The van der Waals surface area contributed by atoms with E-state index in [4.69, 9.17) is 25.8 Å². The molecule has 34 heavy (non-hydrogen) atoms. The monoisotopic (exact) mass is 502 g/mol. The van der Waals surface area contributed by atoms with Crippen LogP contribution in [0.1, 0.15) is 5.56 Å². The molecule has 2 N–H and O–H groups in total. The SMILES string of the molecule is COc1cc(-c2cccc(-c3ccc4c(c3)OCCO4)c2Cl)ccc1CNCCNS(C)(=O)=O. The molecule has 3 aromatic rings. The van der Waals surface area contributed by atoms with Gasteiger partial charge in [0, 0.05) is 36.3 Å². The lowest BCUT2D eigenvalue weighted by Gasteiger charge is -2.19. The standard InChI is InChI=1S/C25H27ClN2O5S/c1-31-23-14-17(6-7-19(23)16-27-10-11-28-34(2,29)30)20-4-3-5-21(25(20)26)18-8-9-22-24(15-18)33-13-12-32-22/h3-9,14-15,27-28H,10-13,16H2,1-2H3. The normalized spacial score (nSPS) is 13.0. The van der Waals surface area contributed by atoms with E-state index in [-0.39, 0.29) is 0 Å². The van der Waals surface area contributed by atoms with Crippen molar-refractivity contribution in [2.24, 2.45) is 0 Å². The summed E-state index contributed by atoms with van der Waals surface area (Å²) in [6.45, 7) is 2.44. The third-order valence-electron chi connectivity index (χ3n) is 5.43. The zero-order valence-corrected chi connectivity index (χ0v) is 20.6. The lowest BCUT2D eigenvalue weighted by molar-refractivity contribution is 0.171. The fourth-order valence-corrected chi connectivity index (χ4v) is 4.61. The molecular formula is C25H27ClN2O5S. The van der Waals surface area contributed by atoms with E-state index in [9.17, 15) is 8.42 Å². The highest BCUT2D eigenvalue weighted by Crippen LogP contribution is 2.41. The largest absolute Gasteiger partial charge is 0.496 e. The second kappa shape index (κ2) is 10.7. The van der Waals surface area contributed by atoms with Gasteiger partial charge >= 0.3 is 0 Å². The Kier molecular flexibility index (Phi) is 7.63. The third-order valence-corrected chi connectivity index (χ3v) is 6.57. The fraction of sp³-hybridized carbons (Fsp3) is 0.280. The van der Waals surface area contributed by atoms with Gasteiger partial charge in [0.15, 0.2) is 11.5 Å². The summed E-state index contributed by atoms with van der Waals surface area (Å²) in [6.07, 6.45) is 1.14. The first-order valence-corrected chi connectivity index (χ1v) is 13.1. The number of fused-ring (bicyclic) bond motifs is 1. The Morgan fingerprint density at radius 3 is 2.32 bits per heavy atom. The van der Waals surface area contributed by atoms with Crippen molar-refractivity contribution in [3.63, 3.8) is 0 Å². The van der Waals surface area contributed by atoms with Crippen LogP contribution in [0.25, 0.3) is 22.3 Å². The number of ether oxygens (including phenoxy) is 3. The van der Waals surface area contributed by atoms with Gasteiger partial charge in [-0.1, -0.05) is 48.0 Å². The number of rotatable bonds is 9. The molecular weight excluding hydrogens is 476 g/mol. The molecule has 0 unspecified atom stereocenters. The second-order valence-electron chi connectivity index (χ2n) is 7.90. The molecule has 4 rings (SSSR count). The molecule has 0 amide bonds. The van der Waals surface area contributed by atoms with Crippen LogP contribution in [0, 0.1) is 0 Å². The van der Waals surface area contributed by atoms with Gasteiger partial charge in [0.05, 0.1) is 18.4 Å². The maximum absolute atomic E-state index is 11.2. The van der Waals surface area contributed by atoms with E-state index in [1.807, 2.05) is 54.6 Å². The van der Waals surface area contributed by atoms with E-state index >= 15 is 0 Å². The molecule has 0 saturated heterocycles. The summed E-state index contributed by atoms with van der Waals surface area (Å²) < 4.78 is 41.7. The molecule has 0 saturated carbocycles. The van der Waals surface area contributed by atoms with Gasteiger partial charge in [-0.15, -0.1) is 0 Å². The smallest absolute Gasteiger partial charge is 0.208 e. The van der Waals surface area contributed by atoms with Crippen LogP contribution in [0.4, 0.5) is 0 Å². The van der Waals surface area contributed by atoms with Crippen molar-refractivity contribution in [3.05, 3.63) is 65.2 Å². The number of hydrogen-bond donors (Lipinski definition) is 2. The van der Waals surface area contributed by atoms with E-state index in [2.05, 4.69) is 10.0 Å². The summed E-state index contributed by atoms with van der Waals surface area (Å²) in [5.74, 6) is 2.18. The first-order valence-electron chi connectivity index (χ1n) is 10.9. The second-order valence-corrected chi connectivity index (χ2v) is 10.1. The zero-order chi connectivity index (χ0) is 24.1. The van der Waals surface area contributed by atoms with Crippen LogP contribution >= 0.6 is 11.6 Å². The van der Waals surface area contributed by atoms with Gasteiger partial charge in [-0.3, -0.25) is 0 Å². The van der Waals surface area contributed by atoms with E-state index in [1.165, 1.54) is 0 Å². The lowest BCUT2D eigenvalue weighted by atomic mass is 9.97. The van der Waals surface area contributed by atoms with Gasteiger partial charge in [0.2, 0.25) is 10.0 Å². The Balaban J connectivity index is 1.54. The van der Waals surface area contributed by atoms with Gasteiger partial charge in [-0.25, -0.2) is 13.1 Å². The first kappa shape index (κ1) is 24.3. The van der Waals surface area contributed by atoms with Crippen LogP contribution in [-0.2, 0) is 16.6 Å². The Hall–Kier alpha value is -2.78. The number of nitrogens with one attached hydrogen (secondary N) is 2. The zero-order valence-electron chi connectivity index (χ0n) is 19.1. The number of benzene rings is 3. The van der Waals surface area contributed by atoms with Crippen molar-refractivity contribution in [2.75, 3.05) is 39.7 Å². The summed E-state index contributed by atoms with van der Waals surface area (Å²) in [5.41, 5.74) is 4.64. The minimum Gasteiger partial charge on any atom is -0.496 e. The Morgan fingerprint density at radius 2 is 1.62 bits per heavy atom. The topological polar surface area (TPSA) is 85.9 Å². The molecule has 0 atom stereocenters. The molecule has 0 radical (unpaired) electrons. The number of hydrogen-bond acceptors (Lipinski definition) is 6. The Morgan fingerprint density at radius 1 is 0.941 bits per heavy atom. The predicted molar refractivity (Wildman–Crippen MR) is 134 cm³/mol. The van der Waals surface area contributed by atoms with Crippen LogP contribution in [0.15, 0.2) is 54.6 Å². The summed E-state index contributed by atoms with van der Waals surface area (Å²) in [7, 11) is -1.57. The van der Waals surface area contributed by atoms with Gasteiger partial charge in [0.25, 0.3) is 0 Å². The van der Waals surface area contributed by atoms with E-state index < -0.39 is 10.0 Å². The first-order chi connectivity index (χ1) is 16.4. The number of methoxy groups -OCH3 is 1. The molecule has 1 heterocycles. The molecule has 0 bridgehead atoms. The van der Waals surface area contributed by atoms with Crippen LogP contribution in [0.5, 0.6) is 17.2 Å². The van der Waals surface area contributed by atoms with Crippen molar-refractivity contribution in [1.29, 1.82) is 0 Å². The minimum atomic E-state index is -3.19. The van der Waals surface area contributed by atoms with Gasteiger partial charge in [0.1, 0.15) is 19.0 Å². The number of sulfonamides is 1. The summed E-state index contributed by atoms with van der Waals surface area (Å²) in [6, 6.07) is 17.7. The molecule has 0 aromatic heterocycles. The van der Waals surface area contributed by atoms with Crippen LogP contribution in [0.3, 0.4) is 0 Å². The van der Waals surface area contributed by atoms with Crippen molar-refractivity contribution in [1.82, 2.24) is 10.0 Å². The maximum atomic E-state index is 11.2. The minimum absolute atomic E-state index is 0.321. The van der Waals surface area contributed by atoms with Crippen molar-refractivity contribution in [3.8, 4) is 39.5 Å². The average molecular weight is 503 g/mol. The maximum Gasteiger partial charge on any atom is 0.208 e. The molecule has 0 fully saturated rings. The summed E-state index contributed by atoms with van der Waals surface area (Å²) in [5, 5.41) is 3.86. The molecule has 1 aliphatic rings. The summed E-state index contributed by atoms with van der Waals surface area (Å²) in [4.78, 5) is 0. The predicted octanol–water partition coefficient (Wildman–Crippen LogP) is 4.09. The fourth-order valence-electron chi connectivity index (χ4n) is 3.79. The Bertz CT molecular complexity index is 1280. The van der Waals surface area contributed by atoms with Gasteiger partial charge in [-0.2, -0.15) is 0 Å². The summed E-state index contributed by atoms with van der Waals surface area (Å²) >= 11 is 6.87. The third kappa shape index (κ3) is 5.82. The lowest BCUT2D eigenvalue weighted by Crippen LogP contribution is -2.30. The highest BCUT2D eigenvalue weighted by Gasteiger charge is 2.16. The molecule has 1 aliphatic heterocycles. The van der Waals surface area contributed by atoms with Gasteiger partial charge < -0.3 is 19.5 Å². The quantitative estimate of drug-likeness (QED) is 0.429. The van der Waals surface area contributed by atoms with Gasteiger partial charge in [-0.05, 0) is 29.3 Å². The molecule has 0 spiro atoms. The molecule has 9 heteroatoms. The molecule has 7 nitrogen and oxygen atoms in total. The van der Waals surface area contributed by atoms with Crippen LogP contribution < -0.4 is 24.2 Å². The van der Waals surface area contributed by atoms with E-state index in [1.54, 1.807) is 7.11 Å².